The first kappa shape index (κ1) is 44.9. The van der Waals surface area contributed by atoms with Crippen LogP contribution in [0.1, 0.15) is 54.1 Å². The number of carbonyl (C=O) groups excluding carboxylic acids is 4. The van der Waals surface area contributed by atoms with Gasteiger partial charge in [0.15, 0.2) is 25.1 Å². The van der Waals surface area contributed by atoms with Crippen molar-refractivity contribution in [1.29, 1.82) is 0 Å². The zero-order valence-corrected chi connectivity index (χ0v) is 36.2. The van der Waals surface area contributed by atoms with E-state index in [9.17, 15) is 19.2 Å². The van der Waals surface area contributed by atoms with Crippen molar-refractivity contribution < 1.29 is 47.6 Å². The number of ether oxygens (including phenoxy) is 6. The topological polar surface area (TPSA) is 137 Å². The molecule has 16 heteroatoms. The number of piperazine rings is 1. The van der Waals surface area contributed by atoms with Gasteiger partial charge in [0.2, 0.25) is 11.7 Å². The standard InChI is InChI=1S/C44H54Cl2N4O10/c1-31(51)59-29-58-30-60-39(52)27-48-20-22-49(23-21-48)42(54)44(33-8-6-5-7-9-33)14-17-47(18-15-44)16-12-43(34-10-11-35(45)36(46)26-34)13-19-50(28-43)41(53)32-24-37(55-2)40(57-4)38(25-32)56-3/h5-11,24-26H,12-23,27-30H2,1-4H3/t43-/m0/s1. The van der Waals surface area contributed by atoms with Crippen molar-refractivity contribution >= 4 is 47.0 Å². The Morgan fingerprint density at radius 1 is 0.683 bits per heavy atom. The quantitative estimate of drug-likeness (QED) is 0.104. The molecule has 0 aromatic heterocycles. The van der Waals surface area contributed by atoms with Crippen LogP contribution < -0.4 is 14.2 Å². The number of amides is 2. The number of carbonyl (C=O) groups is 4. The fourth-order valence-corrected chi connectivity index (χ4v) is 8.96. The fraction of sp³-hybridized carbons (Fsp3) is 0.500. The lowest BCUT2D eigenvalue weighted by molar-refractivity contribution is -0.175. The lowest BCUT2D eigenvalue weighted by Crippen LogP contribution is -2.58. The van der Waals surface area contributed by atoms with Gasteiger partial charge < -0.3 is 43.1 Å². The number of rotatable bonds is 16. The van der Waals surface area contributed by atoms with Gasteiger partial charge in [-0.25, -0.2) is 0 Å². The molecule has 0 saturated carbocycles. The van der Waals surface area contributed by atoms with E-state index in [0.717, 1.165) is 43.6 Å². The highest BCUT2D eigenvalue weighted by Gasteiger charge is 2.47. The molecule has 0 bridgehead atoms. The summed E-state index contributed by atoms with van der Waals surface area (Å²) in [5.41, 5.74) is 1.41. The molecule has 324 valence electrons. The van der Waals surface area contributed by atoms with Crippen LogP contribution in [-0.2, 0) is 39.4 Å². The van der Waals surface area contributed by atoms with Gasteiger partial charge >= 0.3 is 11.9 Å². The molecule has 6 rings (SSSR count). The summed E-state index contributed by atoms with van der Waals surface area (Å²) in [6.07, 6.45) is 2.80. The summed E-state index contributed by atoms with van der Waals surface area (Å²) in [6, 6.07) is 19.2. The molecule has 2 amide bonds. The third-order valence-corrected chi connectivity index (χ3v) is 12.8. The van der Waals surface area contributed by atoms with Crippen LogP contribution in [0.4, 0.5) is 0 Å². The molecule has 0 unspecified atom stereocenters. The van der Waals surface area contributed by atoms with Gasteiger partial charge in [-0.2, -0.15) is 0 Å². The second-order valence-corrected chi connectivity index (χ2v) is 16.3. The maximum atomic E-state index is 14.6. The van der Waals surface area contributed by atoms with Gasteiger partial charge in [-0.3, -0.25) is 24.1 Å². The molecule has 60 heavy (non-hydrogen) atoms. The van der Waals surface area contributed by atoms with Gasteiger partial charge in [0.1, 0.15) is 0 Å². The molecule has 0 aliphatic carbocycles. The van der Waals surface area contributed by atoms with Crippen LogP contribution in [0.15, 0.2) is 60.7 Å². The Hall–Kier alpha value is -4.60. The van der Waals surface area contributed by atoms with Crippen LogP contribution in [-0.4, -0.2) is 144 Å². The fourth-order valence-electron chi connectivity index (χ4n) is 8.66. The van der Waals surface area contributed by atoms with E-state index in [1.807, 2.05) is 51.1 Å². The van der Waals surface area contributed by atoms with E-state index in [1.165, 1.54) is 28.3 Å². The zero-order chi connectivity index (χ0) is 42.9. The van der Waals surface area contributed by atoms with Crippen LogP contribution in [0.25, 0.3) is 0 Å². The number of halogens is 2. The van der Waals surface area contributed by atoms with Crippen molar-refractivity contribution in [3.8, 4) is 17.2 Å². The molecule has 3 aliphatic heterocycles. The number of benzene rings is 3. The Kier molecular flexibility index (Phi) is 15.2. The number of hydrogen-bond acceptors (Lipinski definition) is 12. The smallest absolute Gasteiger partial charge is 0.322 e. The Bertz CT molecular complexity index is 1960. The lowest BCUT2D eigenvalue weighted by Gasteiger charge is -2.46. The van der Waals surface area contributed by atoms with Crippen LogP contribution in [0, 0.1) is 0 Å². The number of likely N-dealkylation sites (tertiary alicyclic amines) is 2. The summed E-state index contributed by atoms with van der Waals surface area (Å²) < 4.78 is 31.4. The predicted molar refractivity (Wildman–Crippen MR) is 225 cm³/mol. The predicted octanol–water partition coefficient (Wildman–Crippen LogP) is 5.41. The monoisotopic (exact) mass is 868 g/mol. The van der Waals surface area contributed by atoms with Gasteiger partial charge in [0, 0.05) is 57.2 Å². The third-order valence-electron chi connectivity index (χ3n) is 12.1. The van der Waals surface area contributed by atoms with Crippen LogP contribution >= 0.6 is 23.2 Å². The van der Waals surface area contributed by atoms with E-state index in [2.05, 4.69) is 21.8 Å². The highest BCUT2D eigenvalue weighted by molar-refractivity contribution is 6.42. The van der Waals surface area contributed by atoms with Gasteiger partial charge in [0.25, 0.3) is 5.91 Å². The minimum Gasteiger partial charge on any atom is -0.493 e. The van der Waals surface area contributed by atoms with Crippen LogP contribution in [0.5, 0.6) is 17.2 Å². The molecule has 0 N–H and O–H groups in total. The maximum Gasteiger partial charge on any atom is 0.322 e. The van der Waals surface area contributed by atoms with Crippen molar-refractivity contribution in [2.24, 2.45) is 0 Å². The Morgan fingerprint density at radius 2 is 1.35 bits per heavy atom. The molecule has 3 aliphatic rings. The number of methoxy groups -OCH3 is 3. The molecule has 0 spiro atoms. The SMILES string of the molecule is COc1cc(C(=O)N2CC[C@](CCN3CCC(C(=O)N4CCN(CC(=O)OCOCOC(C)=O)CC4)(c4ccccc4)CC3)(c3ccc(Cl)c(Cl)c3)C2)cc(OC)c1OC. The molecule has 3 heterocycles. The Balaban J connectivity index is 1.11. The normalized spacial score (nSPS) is 19.4. The molecule has 3 aromatic carbocycles. The summed E-state index contributed by atoms with van der Waals surface area (Å²) >= 11 is 13.0. The molecule has 3 saturated heterocycles. The van der Waals surface area contributed by atoms with E-state index < -0.39 is 22.8 Å². The molecular formula is C44H54Cl2N4O10. The van der Waals surface area contributed by atoms with Crippen molar-refractivity contribution in [3.05, 3.63) is 87.4 Å². The number of hydrogen-bond donors (Lipinski definition) is 0. The van der Waals surface area contributed by atoms with Crippen LogP contribution in [0.3, 0.4) is 0 Å². The minimum absolute atomic E-state index is 0.0678. The molecule has 3 aromatic rings. The summed E-state index contributed by atoms with van der Waals surface area (Å²) in [4.78, 5) is 60.2. The first-order valence-corrected chi connectivity index (χ1v) is 20.9. The largest absolute Gasteiger partial charge is 0.493 e. The minimum atomic E-state index is -0.684. The number of piperidine rings is 1. The lowest BCUT2D eigenvalue weighted by atomic mass is 9.71. The number of esters is 2. The van der Waals surface area contributed by atoms with E-state index in [1.54, 1.807) is 12.1 Å². The van der Waals surface area contributed by atoms with Gasteiger partial charge in [-0.1, -0.05) is 59.6 Å². The molecule has 0 radical (unpaired) electrons. The number of nitrogens with zero attached hydrogens (tertiary/aromatic N) is 4. The van der Waals surface area contributed by atoms with E-state index >= 15 is 0 Å². The highest BCUT2D eigenvalue weighted by Crippen LogP contribution is 2.44. The van der Waals surface area contributed by atoms with Crippen molar-refractivity contribution in [1.82, 2.24) is 19.6 Å². The van der Waals surface area contributed by atoms with Gasteiger partial charge in [0.05, 0.1) is 43.3 Å². The van der Waals surface area contributed by atoms with Gasteiger partial charge in [-0.15, -0.1) is 0 Å². The third kappa shape index (κ3) is 10.3. The second kappa shape index (κ2) is 20.3. The van der Waals surface area contributed by atoms with Gasteiger partial charge in [-0.05, 0) is 80.7 Å². The first-order valence-electron chi connectivity index (χ1n) is 20.1. The summed E-state index contributed by atoms with van der Waals surface area (Å²) in [5.74, 6) is 0.270. The highest BCUT2D eigenvalue weighted by atomic mass is 35.5. The van der Waals surface area contributed by atoms with Crippen molar-refractivity contribution in [2.75, 3.05) is 100 Å². The summed E-state index contributed by atoms with van der Waals surface area (Å²) in [6.45, 7) is 5.99. The van der Waals surface area contributed by atoms with Crippen LogP contribution in [0.2, 0.25) is 10.0 Å². The van der Waals surface area contributed by atoms with E-state index in [4.69, 9.17) is 46.9 Å². The molecule has 1 atom stereocenters. The Morgan fingerprint density at radius 3 is 1.97 bits per heavy atom. The average Bonchev–Trinajstić information content (AvgIpc) is 3.71. The maximum absolute atomic E-state index is 14.6. The molecule has 14 nitrogen and oxygen atoms in total. The average molecular weight is 870 g/mol. The molecular weight excluding hydrogens is 815 g/mol. The summed E-state index contributed by atoms with van der Waals surface area (Å²) in [7, 11) is 4.58. The first-order chi connectivity index (χ1) is 28.9. The van der Waals surface area contributed by atoms with E-state index in [-0.39, 0.29) is 31.9 Å². The summed E-state index contributed by atoms with van der Waals surface area (Å²) in [5, 5.41) is 0.941. The zero-order valence-electron chi connectivity index (χ0n) is 34.7. The van der Waals surface area contributed by atoms with Crippen molar-refractivity contribution in [2.45, 2.75) is 43.4 Å². The molecule has 3 fully saturated rings. The van der Waals surface area contributed by atoms with E-state index in [0.29, 0.717) is 85.0 Å². The van der Waals surface area contributed by atoms with Crippen molar-refractivity contribution in [3.63, 3.8) is 0 Å². The second-order valence-electron chi connectivity index (χ2n) is 15.5. The Labute approximate surface area is 361 Å².